The van der Waals surface area contributed by atoms with Crippen LogP contribution >= 0.6 is 0 Å². The van der Waals surface area contributed by atoms with Crippen LogP contribution in [0.3, 0.4) is 0 Å². The van der Waals surface area contributed by atoms with E-state index >= 15 is 0 Å². The summed E-state index contributed by atoms with van der Waals surface area (Å²) in [7, 11) is 0. The Morgan fingerprint density at radius 2 is 2.00 bits per heavy atom. The Balaban J connectivity index is 2.21. The molecule has 1 aromatic carbocycles. The third kappa shape index (κ3) is 6.79. The normalized spacial score (nSPS) is 10.0. The van der Waals surface area contributed by atoms with Crippen LogP contribution in [0, 0.1) is 13.8 Å². The first-order valence-corrected chi connectivity index (χ1v) is 7.15. The fourth-order valence-corrected chi connectivity index (χ4v) is 1.85. The van der Waals surface area contributed by atoms with Gasteiger partial charge in [-0.2, -0.15) is 0 Å². The molecule has 1 N–H and O–H groups in total. The Hall–Kier alpha value is -2.04. The average molecular weight is 293 g/mol. The Labute approximate surface area is 125 Å². The molecule has 5 nitrogen and oxygen atoms in total. The number of aryl methyl sites for hydroxylation is 2. The lowest BCUT2D eigenvalue weighted by atomic mass is 10.1. The molecule has 0 bridgehead atoms. The van der Waals surface area contributed by atoms with E-state index in [-0.39, 0.29) is 18.5 Å². The highest BCUT2D eigenvalue weighted by Gasteiger charge is 2.06. The van der Waals surface area contributed by atoms with Gasteiger partial charge in [-0.25, -0.2) is 0 Å². The van der Waals surface area contributed by atoms with Crippen LogP contribution in [0.4, 0.5) is 0 Å². The van der Waals surface area contributed by atoms with E-state index in [1.165, 1.54) is 0 Å². The van der Waals surface area contributed by atoms with Gasteiger partial charge in [-0.1, -0.05) is 17.7 Å². The largest absolute Gasteiger partial charge is 0.484 e. The van der Waals surface area contributed by atoms with Crippen molar-refractivity contribution in [1.82, 2.24) is 5.32 Å². The molecule has 21 heavy (non-hydrogen) atoms. The number of carbonyl (C=O) groups is 2. The van der Waals surface area contributed by atoms with E-state index in [1.54, 1.807) is 6.92 Å². The number of benzene rings is 1. The minimum Gasteiger partial charge on any atom is -0.484 e. The van der Waals surface area contributed by atoms with E-state index in [2.05, 4.69) is 5.32 Å². The van der Waals surface area contributed by atoms with Crippen molar-refractivity contribution in [3.63, 3.8) is 0 Å². The molecular formula is C16H23NO4. The standard InChI is InChI=1S/C16H23NO4/c1-4-20-16(19)6-5-9-17-15(18)11-21-14-8-7-12(2)10-13(14)3/h7-8,10H,4-6,9,11H2,1-3H3,(H,17,18). The maximum absolute atomic E-state index is 11.6. The number of ether oxygens (including phenoxy) is 2. The van der Waals surface area contributed by atoms with Gasteiger partial charge in [0.15, 0.2) is 6.61 Å². The van der Waals surface area contributed by atoms with Gasteiger partial charge in [0.25, 0.3) is 5.91 Å². The van der Waals surface area contributed by atoms with Crippen molar-refractivity contribution in [3.05, 3.63) is 29.3 Å². The van der Waals surface area contributed by atoms with Crippen LogP contribution in [0.5, 0.6) is 5.75 Å². The van der Waals surface area contributed by atoms with Crippen LogP contribution in [0.25, 0.3) is 0 Å². The van der Waals surface area contributed by atoms with E-state index in [9.17, 15) is 9.59 Å². The summed E-state index contributed by atoms with van der Waals surface area (Å²) >= 11 is 0. The molecule has 0 fully saturated rings. The zero-order valence-corrected chi connectivity index (χ0v) is 12.9. The van der Waals surface area contributed by atoms with Crippen LogP contribution < -0.4 is 10.1 Å². The lowest BCUT2D eigenvalue weighted by Crippen LogP contribution is -2.30. The summed E-state index contributed by atoms with van der Waals surface area (Å²) in [5, 5.41) is 2.71. The summed E-state index contributed by atoms with van der Waals surface area (Å²) in [5.41, 5.74) is 2.16. The summed E-state index contributed by atoms with van der Waals surface area (Å²) in [5.74, 6) is 0.277. The van der Waals surface area contributed by atoms with Gasteiger partial charge in [0, 0.05) is 13.0 Å². The van der Waals surface area contributed by atoms with Gasteiger partial charge in [-0.3, -0.25) is 9.59 Å². The maximum atomic E-state index is 11.6. The zero-order valence-electron chi connectivity index (χ0n) is 12.9. The van der Waals surface area contributed by atoms with E-state index in [4.69, 9.17) is 9.47 Å². The molecule has 0 aliphatic heterocycles. The van der Waals surface area contributed by atoms with Crippen LogP contribution in [-0.4, -0.2) is 31.6 Å². The van der Waals surface area contributed by atoms with Gasteiger partial charge in [-0.05, 0) is 38.8 Å². The summed E-state index contributed by atoms with van der Waals surface area (Å²) < 4.78 is 10.3. The predicted octanol–water partition coefficient (Wildman–Crippen LogP) is 2.14. The summed E-state index contributed by atoms with van der Waals surface area (Å²) in [6.45, 7) is 6.52. The number of hydrogen-bond acceptors (Lipinski definition) is 4. The smallest absolute Gasteiger partial charge is 0.305 e. The van der Waals surface area contributed by atoms with Crippen molar-refractivity contribution < 1.29 is 19.1 Å². The minimum absolute atomic E-state index is 0.0245. The molecule has 5 heteroatoms. The average Bonchev–Trinajstić information content (AvgIpc) is 2.43. The molecule has 116 valence electrons. The first-order valence-electron chi connectivity index (χ1n) is 7.15. The molecule has 0 unspecified atom stereocenters. The molecule has 0 spiro atoms. The quantitative estimate of drug-likeness (QED) is 0.589. The van der Waals surface area contributed by atoms with Gasteiger partial charge in [0.05, 0.1) is 6.61 Å². The molecule has 0 heterocycles. The van der Waals surface area contributed by atoms with Crippen LogP contribution in [0.2, 0.25) is 0 Å². The summed E-state index contributed by atoms with van der Waals surface area (Å²) in [4.78, 5) is 22.7. The first kappa shape index (κ1) is 17.0. The number of hydrogen-bond donors (Lipinski definition) is 1. The summed E-state index contributed by atoms with van der Waals surface area (Å²) in [6.07, 6.45) is 0.875. The number of carbonyl (C=O) groups excluding carboxylic acids is 2. The van der Waals surface area contributed by atoms with E-state index in [0.29, 0.717) is 31.7 Å². The Morgan fingerprint density at radius 1 is 1.24 bits per heavy atom. The van der Waals surface area contributed by atoms with Crippen molar-refractivity contribution in [3.8, 4) is 5.75 Å². The number of nitrogens with one attached hydrogen (secondary N) is 1. The highest BCUT2D eigenvalue weighted by atomic mass is 16.5. The van der Waals surface area contributed by atoms with E-state index in [0.717, 1.165) is 11.1 Å². The molecule has 0 saturated heterocycles. The lowest BCUT2D eigenvalue weighted by molar-refractivity contribution is -0.143. The van der Waals surface area contributed by atoms with Crippen molar-refractivity contribution in [2.24, 2.45) is 0 Å². The van der Waals surface area contributed by atoms with E-state index < -0.39 is 0 Å². The lowest BCUT2D eigenvalue weighted by Gasteiger charge is -2.10. The molecule has 1 aromatic rings. The molecular weight excluding hydrogens is 270 g/mol. The molecule has 1 amide bonds. The van der Waals surface area contributed by atoms with Crippen LogP contribution in [0.1, 0.15) is 30.9 Å². The molecule has 0 aromatic heterocycles. The Kier molecular flexibility index (Phi) is 7.29. The van der Waals surface area contributed by atoms with Gasteiger partial charge in [-0.15, -0.1) is 0 Å². The van der Waals surface area contributed by atoms with Gasteiger partial charge >= 0.3 is 5.97 Å². The van der Waals surface area contributed by atoms with Gasteiger partial charge in [0.1, 0.15) is 5.75 Å². The molecule has 1 rings (SSSR count). The zero-order chi connectivity index (χ0) is 15.7. The molecule has 0 atom stereocenters. The molecule has 0 saturated carbocycles. The molecule has 0 aliphatic carbocycles. The van der Waals surface area contributed by atoms with Crippen molar-refractivity contribution >= 4 is 11.9 Å². The van der Waals surface area contributed by atoms with Crippen LogP contribution in [0.15, 0.2) is 18.2 Å². The topological polar surface area (TPSA) is 64.6 Å². The van der Waals surface area contributed by atoms with Gasteiger partial charge in [0.2, 0.25) is 0 Å². The van der Waals surface area contributed by atoms with Gasteiger partial charge < -0.3 is 14.8 Å². The molecule has 0 radical (unpaired) electrons. The second-order valence-corrected chi connectivity index (χ2v) is 4.82. The van der Waals surface area contributed by atoms with E-state index in [1.807, 2.05) is 32.0 Å². The fourth-order valence-electron chi connectivity index (χ4n) is 1.85. The predicted molar refractivity (Wildman–Crippen MR) is 80.3 cm³/mol. The number of amides is 1. The van der Waals surface area contributed by atoms with Crippen molar-refractivity contribution in [1.29, 1.82) is 0 Å². The fraction of sp³-hybridized carbons (Fsp3) is 0.500. The monoisotopic (exact) mass is 293 g/mol. The third-order valence-electron chi connectivity index (χ3n) is 2.87. The first-order chi connectivity index (χ1) is 10.0. The summed E-state index contributed by atoms with van der Waals surface area (Å²) in [6, 6.07) is 5.81. The Morgan fingerprint density at radius 3 is 2.67 bits per heavy atom. The highest BCUT2D eigenvalue weighted by Crippen LogP contribution is 2.18. The minimum atomic E-state index is -0.238. The second-order valence-electron chi connectivity index (χ2n) is 4.82. The molecule has 0 aliphatic rings. The Bertz CT molecular complexity index is 485. The number of rotatable bonds is 8. The third-order valence-corrected chi connectivity index (χ3v) is 2.87. The van der Waals surface area contributed by atoms with Crippen LogP contribution in [-0.2, 0) is 14.3 Å². The number of esters is 1. The second kappa shape index (κ2) is 9.00. The highest BCUT2D eigenvalue weighted by molar-refractivity contribution is 5.77. The maximum Gasteiger partial charge on any atom is 0.305 e. The van der Waals surface area contributed by atoms with Crippen molar-refractivity contribution in [2.75, 3.05) is 19.8 Å². The SMILES string of the molecule is CCOC(=O)CCCNC(=O)COc1ccc(C)cc1C. The van der Waals surface area contributed by atoms with Crippen molar-refractivity contribution in [2.45, 2.75) is 33.6 Å².